The molecule has 30 heavy (non-hydrogen) atoms. The summed E-state index contributed by atoms with van der Waals surface area (Å²) >= 11 is 9.63. The highest BCUT2D eigenvalue weighted by atomic mass is 79.9. The van der Waals surface area contributed by atoms with Gasteiger partial charge < -0.3 is 10.1 Å². The Kier molecular flexibility index (Phi) is 7.29. The minimum atomic E-state index is -0.462. The Labute approximate surface area is 188 Å². The molecule has 150 valence electrons. The van der Waals surface area contributed by atoms with Gasteiger partial charge in [-0.25, -0.2) is 0 Å². The van der Waals surface area contributed by atoms with Crippen molar-refractivity contribution in [3.8, 4) is 11.8 Å². The SMILES string of the molecule is Cc1ccc(NC(=O)/C(C#N)=C/c2ccc(OCc3ccccc3Cl)c(Br)c2)cc1. The zero-order valence-electron chi connectivity index (χ0n) is 16.2. The highest BCUT2D eigenvalue weighted by molar-refractivity contribution is 9.10. The molecule has 6 heteroatoms. The molecule has 0 aliphatic carbocycles. The van der Waals surface area contributed by atoms with E-state index >= 15 is 0 Å². The van der Waals surface area contributed by atoms with Gasteiger partial charge in [-0.15, -0.1) is 0 Å². The Morgan fingerprint density at radius 1 is 1.17 bits per heavy atom. The van der Waals surface area contributed by atoms with E-state index in [1.807, 2.05) is 49.4 Å². The van der Waals surface area contributed by atoms with Gasteiger partial charge >= 0.3 is 0 Å². The lowest BCUT2D eigenvalue weighted by Gasteiger charge is -2.10. The lowest BCUT2D eigenvalue weighted by Crippen LogP contribution is -2.13. The molecule has 0 aliphatic heterocycles. The van der Waals surface area contributed by atoms with Crippen LogP contribution in [0.15, 0.2) is 76.8 Å². The molecule has 3 rings (SSSR count). The zero-order chi connectivity index (χ0) is 21.5. The van der Waals surface area contributed by atoms with Crippen LogP contribution in [0.3, 0.4) is 0 Å². The number of nitrogens with one attached hydrogen (secondary N) is 1. The third-order valence-electron chi connectivity index (χ3n) is 4.28. The molecule has 4 nitrogen and oxygen atoms in total. The molecular weight excluding hydrogens is 464 g/mol. The second-order valence-corrected chi connectivity index (χ2v) is 7.82. The second-order valence-electron chi connectivity index (χ2n) is 6.56. The van der Waals surface area contributed by atoms with Crippen molar-refractivity contribution in [1.82, 2.24) is 0 Å². The zero-order valence-corrected chi connectivity index (χ0v) is 18.5. The van der Waals surface area contributed by atoms with Crippen LogP contribution in [0.4, 0.5) is 5.69 Å². The van der Waals surface area contributed by atoms with Crippen molar-refractivity contribution in [1.29, 1.82) is 5.26 Å². The number of anilines is 1. The van der Waals surface area contributed by atoms with Crippen LogP contribution in [0, 0.1) is 18.3 Å². The maximum atomic E-state index is 12.4. The molecule has 0 unspecified atom stereocenters. The van der Waals surface area contributed by atoms with Crippen LogP contribution in [-0.2, 0) is 11.4 Å². The minimum Gasteiger partial charge on any atom is -0.488 e. The molecule has 0 saturated heterocycles. The highest BCUT2D eigenvalue weighted by Gasteiger charge is 2.11. The summed E-state index contributed by atoms with van der Waals surface area (Å²) < 4.78 is 6.54. The topological polar surface area (TPSA) is 62.1 Å². The highest BCUT2D eigenvalue weighted by Crippen LogP contribution is 2.28. The maximum Gasteiger partial charge on any atom is 0.266 e. The van der Waals surface area contributed by atoms with Gasteiger partial charge in [0.1, 0.15) is 24.0 Å². The van der Waals surface area contributed by atoms with Gasteiger partial charge in [-0.3, -0.25) is 4.79 Å². The van der Waals surface area contributed by atoms with E-state index < -0.39 is 5.91 Å². The normalized spacial score (nSPS) is 10.9. The molecule has 0 fully saturated rings. The summed E-state index contributed by atoms with van der Waals surface area (Å²) in [5.41, 5.74) is 3.31. The van der Waals surface area contributed by atoms with Crippen LogP contribution in [0.25, 0.3) is 6.08 Å². The molecule has 0 atom stereocenters. The Morgan fingerprint density at radius 3 is 2.57 bits per heavy atom. The lowest BCUT2D eigenvalue weighted by atomic mass is 10.1. The van der Waals surface area contributed by atoms with E-state index in [0.29, 0.717) is 33.1 Å². The van der Waals surface area contributed by atoms with Gasteiger partial charge in [-0.1, -0.05) is 53.6 Å². The average Bonchev–Trinajstić information content (AvgIpc) is 2.74. The number of nitrogens with zero attached hydrogens (tertiary/aromatic N) is 1. The number of halogens is 2. The molecule has 3 aromatic carbocycles. The number of benzene rings is 3. The summed E-state index contributed by atoms with van der Waals surface area (Å²) in [6.07, 6.45) is 1.53. The smallest absolute Gasteiger partial charge is 0.266 e. The number of carbonyl (C=O) groups is 1. The maximum absolute atomic E-state index is 12.4. The van der Waals surface area contributed by atoms with Gasteiger partial charge in [0.15, 0.2) is 0 Å². The summed E-state index contributed by atoms with van der Waals surface area (Å²) in [4.78, 5) is 12.4. The summed E-state index contributed by atoms with van der Waals surface area (Å²) in [6, 6.07) is 22.2. The van der Waals surface area contributed by atoms with E-state index in [2.05, 4.69) is 21.2 Å². The van der Waals surface area contributed by atoms with Gasteiger partial charge in [0, 0.05) is 16.3 Å². The van der Waals surface area contributed by atoms with E-state index in [1.165, 1.54) is 6.08 Å². The van der Waals surface area contributed by atoms with Crippen LogP contribution in [0.2, 0.25) is 5.02 Å². The largest absolute Gasteiger partial charge is 0.488 e. The molecule has 0 aliphatic rings. The van der Waals surface area contributed by atoms with Crippen LogP contribution >= 0.6 is 27.5 Å². The molecular formula is C24H18BrClN2O2. The number of hydrogen-bond donors (Lipinski definition) is 1. The molecule has 3 aromatic rings. The predicted octanol–water partition coefficient (Wildman–Crippen LogP) is 6.54. The van der Waals surface area contributed by atoms with Crippen LogP contribution in [0.1, 0.15) is 16.7 Å². The third kappa shape index (κ3) is 5.73. The standard InChI is InChI=1S/C24H18BrClN2O2/c1-16-6-9-20(10-7-16)28-24(29)19(14-27)12-17-8-11-23(21(25)13-17)30-15-18-4-2-3-5-22(18)26/h2-13H,15H2,1H3,(H,28,29)/b19-12+. The fraction of sp³-hybridized carbons (Fsp3) is 0.0833. The van der Waals surface area contributed by atoms with Crippen molar-refractivity contribution < 1.29 is 9.53 Å². The molecule has 0 saturated carbocycles. The average molecular weight is 482 g/mol. The first-order valence-corrected chi connectivity index (χ1v) is 10.3. The predicted molar refractivity (Wildman–Crippen MR) is 123 cm³/mol. The van der Waals surface area contributed by atoms with Crippen molar-refractivity contribution >= 4 is 45.2 Å². The number of nitriles is 1. The first-order valence-electron chi connectivity index (χ1n) is 9.12. The number of aryl methyl sites for hydroxylation is 1. The third-order valence-corrected chi connectivity index (χ3v) is 5.27. The Bertz CT molecular complexity index is 1130. The number of hydrogen-bond acceptors (Lipinski definition) is 3. The number of amides is 1. The van der Waals surface area contributed by atoms with Gasteiger partial charge in [-0.2, -0.15) is 5.26 Å². The number of rotatable bonds is 6. The van der Waals surface area contributed by atoms with Crippen LogP contribution < -0.4 is 10.1 Å². The molecule has 0 bridgehead atoms. The molecule has 0 aromatic heterocycles. The fourth-order valence-corrected chi connectivity index (χ4v) is 3.35. The second kappa shape index (κ2) is 10.1. The summed E-state index contributed by atoms with van der Waals surface area (Å²) in [5, 5.41) is 12.8. The van der Waals surface area contributed by atoms with E-state index in [9.17, 15) is 10.1 Å². The molecule has 0 radical (unpaired) electrons. The lowest BCUT2D eigenvalue weighted by molar-refractivity contribution is -0.112. The molecule has 1 amide bonds. The minimum absolute atomic E-state index is 0.00668. The van der Waals surface area contributed by atoms with Crippen molar-refractivity contribution in [3.05, 3.63) is 98.5 Å². The van der Waals surface area contributed by atoms with Gasteiger partial charge in [0.2, 0.25) is 0 Å². The van der Waals surface area contributed by atoms with Gasteiger partial charge in [0.05, 0.1) is 4.47 Å². The van der Waals surface area contributed by atoms with E-state index in [0.717, 1.165) is 11.1 Å². The number of carbonyl (C=O) groups excluding carboxylic acids is 1. The van der Waals surface area contributed by atoms with Crippen molar-refractivity contribution in [2.45, 2.75) is 13.5 Å². The molecule has 0 heterocycles. The quantitative estimate of drug-likeness (QED) is 0.321. The Morgan fingerprint density at radius 2 is 1.90 bits per heavy atom. The van der Waals surface area contributed by atoms with Crippen LogP contribution in [-0.4, -0.2) is 5.91 Å². The molecule has 1 N–H and O–H groups in total. The van der Waals surface area contributed by atoms with Crippen LogP contribution in [0.5, 0.6) is 5.75 Å². The van der Waals surface area contributed by atoms with Crippen molar-refractivity contribution in [2.75, 3.05) is 5.32 Å². The summed E-state index contributed by atoms with van der Waals surface area (Å²) in [6.45, 7) is 2.29. The van der Waals surface area contributed by atoms with Crippen molar-refractivity contribution in [2.24, 2.45) is 0 Å². The van der Waals surface area contributed by atoms with Gasteiger partial charge in [-0.05, 0) is 64.8 Å². The van der Waals surface area contributed by atoms with Crippen molar-refractivity contribution in [3.63, 3.8) is 0 Å². The van der Waals surface area contributed by atoms with E-state index in [4.69, 9.17) is 16.3 Å². The fourth-order valence-electron chi connectivity index (χ4n) is 2.65. The molecule has 0 spiro atoms. The van der Waals surface area contributed by atoms with Gasteiger partial charge in [0.25, 0.3) is 5.91 Å². The summed E-state index contributed by atoms with van der Waals surface area (Å²) in [5.74, 6) is 0.172. The first-order chi connectivity index (χ1) is 14.5. The van der Waals surface area contributed by atoms with E-state index in [-0.39, 0.29) is 5.57 Å². The Hall–Kier alpha value is -3.07. The number of ether oxygens (including phenoxy) is 1. The summed E-state index contributed by atoms with van der Waals surface area (Å²) in [7, 11) is 0. The van der Waals surface area contributed by atoms with E-state index in [1.54, 1.807) is 30.3 Å². The monoisotopic (exact) mass is 480 g/mol. The first kappa shape index (κ1) is 21.6. The Balaban J connectivity index is 1.71.